The smallest absolute Gasteiger partial charge is 0.350 e. The number of carbonyl (C=O) groups is 2. The van der Waals surface area contributed by atoms with Crippen molar-refractivity contribution in [2.75, 3.05) is 12.4 Å². The minimum absolute atomic E-state index is 0.294. The number of carbonyl (C=O) groups excluding carboxylic acids is 2. The molecule has 5 heteroatoms. The van der Waals surface area contributed by atoms with E-state index in [2.05, 4.69) is 10.1 Å². The number of rotatable bonds is 4. The minimum Gasteiger partial charge on any atom is -0.465 e. The fourth-order valence-electron chi connectivity index (χ4n) is 1.57. The van der Waals surface area contributed by atoms with E-state index in [9.17, 15) is 9.59 Å². The topological polar surface area (TPSA) is 55.4 Å². The molecule has 0 fully saturated rings. The van der Waals surface area contributed by atoms with E-state index in [4.69, 9.17) is 0 Å². The van der Waals surface area contributed by atoms with Crippen molar-refractivity contribution >= 4 is 35.0 Å². The number of hydrogen-bond acceptors (Lipinski definition) is 4. The molecule has 0 aliphatic carbocycles. The highest BCUT2D eigenvalue weighted by Crippen LogP contribution is 2.23. The lowest BCUT2D eigenvalue weighted by Crippen LogP contribution is -2.10. The van der Waals surface area contributed by atoms with Crippen LogP contribution < -0.4 is 5.32 Å². The molecule has 1 heterocycles. The van der Waals surface area contributed by atoms with Crippen molar-refractivity contribution in [3.8, 4) is 0 Å². The first kappa shape index (κ1) is 14.0. The van der Waals surface area contributed by atoms with E-state index >= 15 is 0 Å². The first-order valence-electron chi connectivity index (χ1n) is 5.90. The lowest BCUT2D eigenvalue weighted by atomic mass is 10.2. The highest BCUT2D eigenvalue weighted by atomic mass is 32.1. The summed E-state index contributed by atoms with van der Waals surface area (Å²) in [6.07, 6.45) is 3.13. The molecule has 0 saturated carbocycles. The van der Waals surface area contributed by atoms with Gasteiger partial charge in [-0.15, -0.1) is 11.3 Å². The summed E-state index contributed by atoms with van der Waals surface area (Å²) in [6, 6.07) is 11.2. The zero-order valence-electron chi connectivity index (χ0n) is 10.8. The predicted molar refractivity (Wildman–Crippen MR) is 79.8 cm³/mol. The van der Waals surface area contributed by atoms with Gasteiger partial charge < -0.3 is 10.1 Å². The van der Waals surface area contributed by atoms with Gasteiger partial charge in [-0.3, -0.25) is 4.79 Å². The van der Waals surface area contributed by atoms with Crippen molar-refractivity contribution in [3.63, 3.8) is 0 Å². The Hall–Kier alpha value is -2.40. The molecule has 1 aromatic heterocycles. The van der Waals surface area contributed by atoms with Crippen LogP contribution in [0.1, 0.15) is 15.2 Å². The van der Waals surface area contributed by atoms with Gasteiger partial charge in [0.05, 0.1) is 12.8 Å². The summed E-state index contributed by atoms with van der Waals surface area (Å²) in [5.74, 6) is -0.750. The van der Waals surface area contributed by atoms with Crippen LogP contribution in [0.5, 0.6) is 0 Å². The summed E-state index contributed by atoms with van der Waals surface area (Å²) in [4.78, 5) is 23.7. The first-order chi connectivity index (χ1) is 9.70. The van der Waals surface area contributed by atoms with E-state index in [1.165, 1.54) is 24.5 Å². The first-order valence-corrected chi connectivity index (χ1v) is 6.78. The van der Waals surface area contributed by atoms with E-state index in [1.54, 1.807) is 17.5 Å². The second-order valence-electron chi connectivity index (χ2n) is 3.89. The Balaban J connectivity index is 2.04. The predicted octanol–water partition coefficient (Wildman–Crippen LogP) is 3.19. The Labute approximate surface area is 120 Å². The molecule has 0 radical (unpaired) electrons. The van der Waals surface area contributed by atoms with E-state index in [0.29, 0.717) is 10.6 Å². The summed E-state index contributed by atoms with van der Waals surface area (Å²) in [5.41, 5.74) is 1.39. The van der Waals surface area contributed by atoms with E-state index in [-0.39, 0.29) is 5.91 Å². The fraction of sp³-hybridized carbons (Fsp3) is 0.0667. The maximum atomic E-state index is 11.8. The van der Waals surface area contributed by atoms with Crippen LogP contribution in [0.3, 0.4) is 0 Å². The SMILES string of the molecule is COC(=O)c1sccc1NC(=O)/C=C/c1ccccc1. The van der Waals surface area contributed by atoms with Crippen molar-refractivity contribution in [2.45, 2.75) is 0 Å². The van der Waals surface area contributed by atoms with Gasteiger partial charge in [-0.2, -0.15) is 0 Å². The molecule has 0 saturated heterocycles. The van der Waals surface area contributed by atoms with Crippen molar-refractivity contribution < 1.29 is 14.3 Å². The number of anilines is 1. The van der Waals surface area contributed by atoms with E-state index in [0.717, 1.165) is 5.56 Å². The highest BCUT2D eigenvalue weighted by molar-refractivity contribution is 7.12. The number of thiophene rings is 1. The molecular formula is C15H13NO3S. The Morgan fingerprint density at radius 1 is 1.20 bits per heavy atom. The van der Waals surface area contributed by atoms with Crippen LogP contribution in [-0.4, -0.2) is 19.0 Å². The summed E-state index contributed by atoms with van der Waals surface area (Å²) in [6.45, 7) is 0. The number of amides is 1. The second-order valence-corrected chi connectivity index (χ2v) is 4.80. The van der Waals surface area contributed by atoms with Crippen molar-refractivity contribution in [3.05, 3.63) is 58.3 Å². The maximum Gasteiger partial charge on any atom is 0.350 e. The number of nitrogens with one attached hydrogen (secondary N) is 1. The molecule has 2 rings (SSSR count). The average molecular weight is 287 g/mol. The largest absolute Gasteiger partial charge is 0.465 e. The van der Waals surface area contributed by atoms with Gasteiger partial charge in [0.15, 0.2) is 0 Å². The third kappa shape index (κ3) is 3.55. The average Bonchev–Trinajstić information content (AvgIpc) is 2.93. The van der Waals surface area contributed by atoms with Gasteiger partial charge in [0.25, 0.3) is 0 Å². The van der Waals surface area contributed by atoms with Gasteiger partial charge >= 0.3 is 5.97 Å². The molecule has 20 heavy (non-hydrogen) atoms. The summed E-state index contributed by atoms with van der Waals surface area (Å²) < 4.78 is 4.65. The zero-order chi connectivity index (χ0) is 14.4. The van der Waals surface area contributed by atoms with Crippen LogP contribution in [0.25, 0.3) is 6.08 Å². The van der Waals surface area contributed by atoms with Gasteiger partial charge in [-0.1, -0.05) is 30.3 Å². The van der Waals surface area contributed by atoms with E-state index in [1.807, 2.05) is 30.3 Å². The van der Waals surface area contributed by atoms with Crippen LogP contribution in [0.4, 0.5) is 5.69 Å². The van der Waals surface area contributed by atoms with Crippen LogP contribution in [0.2, 0.25) is 0 Å². The molecule has 1 amide bonds. The third-order valence-corrected chi connectivity index (χ3v) is 3.42. The van der Waals surface area contributed by atoms with Crippen LogP contribution in [0, 0.1) is 0 Å². The van der Waals surface area contributed by atoms with Gasteiger partial charge in [0.1, 0.15) is 4.88 Å². The highest BCUT2D eigenvalue weighted by Gasteiger charge is 2.14. The molecule has 0 atom stereocenters. The van der Waals surface area contributed by atoms with Crippen molar-refractivity contribution in [2.24, 2.45) is 0 Å². The lowest BCUT2D eigenvalue weighted by Gasteiger charge is -2.02. The minimum atomic E-state index is -0.456. The Morgan fingerprint density at radius 2 is 1.95 bits per heavy atom. The molecule has 0 bridgehead atoms. The van der Waals surface area contributed by atoms with Crippen molar-refractivity contribution in [1.82, 2.24) is 0 Å². The second kappa shape index (κ2) is 6.68. The molecule has 0 unspecified atom stereocenters. The Morgan fingerprint density at radius 3 is 2.65 bits per heavy atom. The lowest BCUT2D eigenvalue weighted by molar-refractivity contribution is -0.111. The summed E-state index contributed by atoms with van der Waals surface area (Å²) >= 11 is 1.23. The Bertz CT molecular complexity index is 632. The quantitative estimate of drug-likeness (QED) is 0.694. The molecule has 0 aliphatic heterocycles. The van der Waals surface area contributed by atoms with Crippen LogP contribution in [-0.2, 0) is 9.53 Å². The molecule has 0 aliphatic rings. The molecule has 2 aromatic rings. The maximum absolute atomic E-state index is 11.8. The standard InChI is InChI=1S/C15H13NO3S/c1-19-15(18)14-12(9-10-20-14)16-13(17)8-7-11-5-3-2-4-6-11/h2-10H,1H3,(H,16,17)/b8-7+. The molecule has 1 aromatic carbocycles. The number of esters is 1. The Kier molecular flexibility index (Phi) is 4.68. The van der Waals surface area contributed by atoms with E-state index < -0.39 is 5.97 Å². The molecule has 102 valence electrons. The molecular weight excluding hydrogens is 274 g/mol. The van der Waals surface area contributed by atoms with Gasteiger partial charge in [0.2, 0.25) is 5.91 Å². The zero-order valence-corrected chi connectivity index (χ0v) is 11.6. The third-order valence-electron chi connectivity index (χ3n) is 2.52. The molecule has 0 spiro atoms. The normalized spacial score (nSPS) is 10.4. The van der Waals surface area contributed by atoms with Crippen molar-refractivity contribution in [1.29, 1.82) is 0 Å². The van der Waals surface area contributed by atoms with Gasteiger partial charge in [0, 0.05) is 6.08 Å². The molecule has 4 nitrogen and oxygen atoms in total. The van der Waals surface area contributed by atoms with Gasteiger partial charge in [-0.25, -0.2) is 4.79 Å². The monoisotopic (exact) mass is 287 g/mol. The summed E-state index contributed by atoms with van der Waals surface area (Å²) in [7, 11) is 1.31. The number of methoxy groups -OCH3 is 1. The van der Waals surface area contributed by atoms with Crippen LogP contribution >= 0.6 is 11.3 Å². The number of hydrogen-bond donors (Lipinski definition) is 1. The number of ether oxygens (including phenoxy) is 1. The van der Waals surface area contributed by atoms with Gasteiger partial charge in [-0.05, 0) is 23.1 Å². The molecule has 1 N–H and O–H groups in total. The van der Waals surface area contributed by atoms with Crippen LogP contribution in [0.15, 0.2) is 47.9 Å². The summed E-state index contributed by atoms with van der Waals surface area (Å²) in [5, 5.41) is 4.38. The number of benzene rings is 1. The fourth-order valence-corrected chi connectivity index (χ4v) is 2.33.